The summed E-state index contributed by atoms with van der Waals surface area (Å²) < 4.78 is 18.4. The van der Waals surface area contributed by atoms with Gasteiger partial charge in [0, 0.05) is 11.4 Å². The van der Waals surface area contributed by atoms with Gasteiger partial charge in [-0.05, 0) is 60.1 Å². The molecule has 1 amide bonds. The van der Waals surface area contributed by atoms with Gasteiger partial charge in [0.05, 0.1) is 6.61 Å². The Labute approximate surface area is 140 Å². The number of ether oxygens (including phenoxy) is 1. The van der Waals surface area contributed by atoms with E-state index < -0.39 is 0 Å². The summed E-state index contributed by atoms with van der Waals surface area (Å²) in [6.45, 7) is 3.29. The molecule has 2 aromatic carbocycles. The fourth-order valence-electron chi connectivity index (χ4n) is 1.86. The van der Waals surface area contributed by atoms with Gasteiger partial charge in [-0.15, -0.1) is 0 Å². The average Bonchev–Trinajstić information content (AvgIpc) is 2.56. The molecule has 0 saturated carbocycles. The van der Waals surface area contributed by atoms with E-state index in [1.807, 2.05) is 24.3 Å². The number of amides is 1. The normalized spacial score (nSPS) is 10.3. The van der Waals surface area contributed by atoms with Crippen molar-refractivity contribution >= 4 is 17.0 Å². The van der Waals surface area contributed by atoms with E-state index in [4.69, 9.17) is 4.74 Å². The molecule has 0 saturated heterocycles. The third-order valence-electron chi connectivity index (χ3n) is 3.15. The van der Waals surface area contributed by atoms with Crippen molar-refractivity contribution in [3.8, 4) is 5.75 Å². The number of carbonyl (C=O) groups is 1. The molecule has 2 rings (SSSR count). The fourth-order valence-corrected chi connectivity index (χ4v) is 2.49. The molecule has 23 heavy (non-hydrogen) atoms. The van der Waals surface area contributed by atoms with Gasteiger partial charge in [0.2, 0.25) is 0 Å². The van der Waals surface area contributed by atoms with Crippen molar-refractivity contribution in [2.45, 2.75) is 31.2 Å². The second-order valence-corrected chi connectivity index (χ2v) is 6.09. The van der Waals surface area contributed by atoms with Crippen LogP contribution in [0.15, 0.2) is 53.4 Å². The van der Waals surface area contributed by atoms with Crippen LogP contribution in [-0.2, 0) is 6.54 Å². The number of benzene rings is 2. The molecule has 122 valence electrons. The lowest BCUT2D eigenvalue weighted by Crippen LogP contribution is -2.17. The van der Waals surface area contributed by atoms with Crippen LogP contribution in [0.5, 0.6) is 5.75 Å². The number of hydrogen-bond acceptors (Lipinski definition) is 3. The summed E-state index contributed by atoms with van der Waals surface area (Å²) in [6.07, 6.45) is 2.15. The van der Waals surface area contributed by atoms with Crippen molar-refractivity contribution in [3.05, 3.63) is 59.9 Å². The smallest absolute Gasteiger partial charge is 0.284 e. The van der Waals surface area contributed by atoms with E-state index in [-0.39, 0.29) is 11.1 Å². The van der Waals surface area contributed by atoms with Crippen LogP contribution in [0.25, 0.3) is 0 Å². The second kappa shape index (κ2) is 9.20. The second-order valence-electron chi connectivity index (χ2n) is 5.04. The van der Waals surface area contributed by atoms with E-state index in [1.165, 1.54) is 12.1 Å². The Morgan fingerprint density at radius 3 is 2.48 bits per heavy atom. The molecular weight excluding hydrogens is 313 g/mol. The summed E-state index contributed by atoms with van der Waals surface area (Å²) in [5.41, 5.74) is 1.00. The molecule has 0 aliphatic heterocycles. The van der Waals surface area contributed by atoms with Gasteiger partial charge in [0.1, 0.15) is 11.6 Å². The highest BCUT2D eigenvalue weighted by molar-refractivity contribution is 8.13. The van der Waals surface area contributed by atoms with Crippen LogP contribution in [0, 0.1) is 5.82 Å². The SMILES string of the molecule is CCCCOc1ccc(CNC(=O)Sc2ccc(F)cc2)cc1. The highest BCUT2D eigenvalue weighted by atomic mass is 32.2. The maximum Gasteiger partial charge on any atom is 0.284 e. The summed E-state index contributed by atoms with van der Waals surface area (Å²) in [7, 11) is 0. The monoisotopic (exact) mass is 333 g/mol. The Hall–Kier alpha value is -2.01. The van der Waals surface area contributed by atoms with Gasteiger partial charge in [0.15, 0.2) is 0 Å². The molecule has 0 bridgehead atoms. The van der Waals surface area contributed by atoms with Gasteiger partial charge < -0.3 is 10.1 Å². The number of hydrogen-bond donors (Lipinski definition) is 1. The molecule has 0 heterocycles. The zero-order valence-electron chi connectivity index (χ0n) is 13.0. The molecule has 2 aromatic rings. The van der Waals surface area contributed by atoms with Gasteiger partial charge in [-0.1, -0.05) is 25.5 Å². The number of halogens is 1. The van der Waals surface area contributed by atoms with Gasteiger partial charge in [-0.3, -0.25) is 4.79 Å². The third kappa shape index (κ3) is 6.32. The van der Waals surface area contributed by atoms with Crippen LogP contribution >= 0.6 is 11.8 Å². The minimum atomic E-state index is -0.309. The molecule has 0 unspecified atom stereocenters. The van der Waals surface area contributed by atoms with Gasteiger partial charge in [-0.25, -0.2) is 4.39 Å². The number of carbonyl (C=O) groups excluding carboxylic acids is 1. The van der Waals surface area contributed by atoms with Crippen molar-refractivity contribution in [3.63, 3.8) is 0 Å². The molecule has 0 aliphatic carbocycles. The quantitative estimate of drug-likeness (QED) is 0.572. The lowest BCUT2D eigenvalue weighted by Gasteiger charge is -2.08. The largest absolute Gasteiger partial charge is 0.494 e. The molecule has 5 heteroatoms. The van der Waals surface area contributed by atoms with Crippen molar-refractivity contribution < 1.29 is 13.9 Å². The number of unbranched alkanes of at least 4 members (excludes halogenated alkanes) is 1. The van der Waals surface area contributed by atoms with Crippen LogP contribution in [0.2, 0.25) is 0 Å². The molecule has 3 nitrogen and oxygen atoms in total. The number of rotatable bonds is 7. The summed E-state index contributed by atoms with van der Waals surface area (Å²) in [4.78, 5) is 12.6. The Balaban J connectivity index is 1.76. The fraction of sp³-hybridized carbons (Fsp3) is 0.278. The summed E-state index contributed by atoms with van der Waals surface area (Å²) in [5.74, 6) is 0.533. The first kappa shape index (κ1) is 17.3. The predicted molar refractivity (Wildman–Crippen MR) is 91.3 cm³/mol. The highest BCUT2D eigenvalue weighted by Crippen LogP contribution is 2.19. The summed E-state index contributed by atoms with van der Waals surface area (Å²) in [5, 5.41) is 2.66. The Morgan fingerprint density at radius 2 is 1.83 bits per heavy atom. The van der Waals surface area contributed by atoms with Crippen LogP contribution in [0.1, 0.15) is 25.3 Å². The zero-order chi connectivity index (χ0) is 16.5. The first-order valence-corrected chi connectivity index (χ1v) is 8.42. The Kier molecular flexibility index (Phi) is 6.94. The molecular formula is C18H20FNO2S. The van der Waals surface area contributed by atoms with Crippen molar-refractivity contribution in [2.24, 2.45) is 0 Å². The van der Waals surface area contributed by atoms with E-state index in [9.17, 15) is 9.18 Å². The number of nitrogens with one attached hydrogen (secondary N) is 1. The van der Waals surface area contributed by atoms with E-state index in [0.717, 1.165) is 42.5 Å². The van der Waals surface area contributed by atoms with E-state index >= 15 is 0 Å². The Bertz CT molecular complexity index is 614. The molecule has 0 radical (unpaired) electrons. The van der Waals surface area contributed by atoms with Crippen LogP contribution in [0.3, 0.4) is 0 Å². The lowest BCUT2D eigenvalue weighted by molar-refractivity contribution is 0.260. The molecule has 0 atom stereocenters. The van der Waals surface area contributed by atoms with Crippen LogP contribution in [-0.4, -0.2) is 11.8 Å². The van der Waals surface area contributed by atoms with E-state index in [2.05, 4.69) is 12.2 Å². The minimum absolute atomic E-state index is 0.167. The molecule has 0 spiro atoms. The van der Waals surface area contributed by atoms with Crippen molar-refractivity contribution in [2.75, 3.05) is 6.61 Å². The first-order chi connectivity index (χ1) is 11.2. The highest BCUT2D eigenvalue weighted by Gasteiger charge is 2.05. The van der Waals surface area contributed by atoms with Gasteiger partial charge in [-0.2, -0.15) is 0 Å². The van der Waals surface area contributed by atoms with Gasteiger partial charge >= 0.3 is 0 Å². The summed E-state index contributed by atoms with van der Waals surface area (Å²) in [6, 6.07) is 13.5. The predicted octanol–water partition coefficient (Wildman–Crippen LogP) is 5.01. The molecule has 0 fully saturated rings. The van der Waals surface area contributed by atoms with E-state index in [1.54, 1.807) is 12.1 Å². The molecule has 0 aromatic heterocycles. The molecule has 0 aliphatic rings. The van der Waals surface area contributed by atoms with Crippen LogP contribution in [0.4, 0.5) is 9.18 Å². The zero-order valence-corrected chi connectivity index (χ0v) is 13.9. The maximum absolute atomic E-state index is 12.8. The van der Waals surface area contributed by atoms with Crippen molar-refractivity contribution in [1.82, 2.24) is 5.32 Å². The van der Waals surface area contributed by atoms with Crippen LogP contribution < -0.4 is 10.1 Å². The standard InChI is InChI=1S/C18H20FNO2S/c1-2-3-12-22-16-8-4-14(5-9-16)13-20-18(21)23-17-10-6-15(19)7-11-17/h4-11H,2-3,12-13H2,1H3,(H,20,21). The number of thioether (sulfide) groups is 1. The Morgan fingerprint density at radius 1 is 1.13 bits per heavy atom. The summed E-state index contributed by atoms with van der Waals surface area (Å²) >= 11 is 1.05. The topological polar surface area (TPSA) is 38.3 Å². The molecule has 1 N–H and O–H groups in total. The van der Waals surface area contributed by atoms with E-state index in [0.29, 0.717) is 11.4 Å². The first-order valence-electron chi connectivity index (χ1n) is 7.60. The third-order valence-corrected chi connectivity index (χ3v) is 3.99. The van der Waals surface area contributed by atoms with Crippen molar-refractivity contribution in [1.29, 1.82) is 0 Å². The van der Waals surface area contributed by atoms with Gasteiger partial charge in [0.25, 0.3) is 5.24 Å². The maximum atomic E-state index is 12.8. The lowest BCUT2D eigenvalue weighted by atomic mass is 10.2. The minimum Gasteiger partial charge on any atom is -0.494 e. The average molecular weight is 333 g/mol.